The summed E-state index contributed by atoms with van der Waals surface area (Å²) in [4.78, 5) is 41.6. The number of anilines is 1. The van der Waals surface area contributed by atoms with Crippen LogP contribution in [0, 0.1) is 11.3 Å². The maximum Gasteiger partial charge on any atom is 0.245 e. The zero-order chi connectivity index (χ0) is 27.7. The van der Waals surface area contributed by atoms with E-state index in [-0.39, 0.29) is 41.5 Å². The number of aryl methyl sites for hydroxylation is 1. The molecule has 3 aliphatic rings. The third-order valence-electron chi connectivity index (χ3n) is 9.30. The van der Waals surface area contributed by atoms with Crippen LogP contribution in [0.1, 0.15) is 114 Å². The first kappa shape index (κ1) is 27.9. The molecule has 2 fully saturated rings. The molecule has 2 bridgehead atoms. The number of carbonyl (C=O) groups is 3. The minimum Gasteiger partial charge on any atom is -0.385 e. The van der Waals surface area contributed by atoms with E-state index in [1.165, 1.54) is 38.5 Å². The molecule has 212 valence electrons. The van der Waals surface area contributed by atoms with E-state index < -0.39 is 0 Å². The van der Waals surface area contributed by atoms with Crippen LogP contribution in [0.2, 0.25) is 0 Å². The van der Waals surface area contributed by atoms with Crippen molar-refractivity contribution in [3.63, 3.8) is 0 Å². The molecular formula is C32H46N4O3. The molecule has 1 amide bonds. The Labute approximate surface area is 233 Å². The normalized spacial score (nSPS) is 26.0. The quantitative estimate of drug-likeness (QED) is 0.438. The fraction of sp³-hybridized carbons (Fsp3) is 0.688. The first-order valence-electron chi connectivity index (χ1n) is 15.4. The minimum absolute atomic E-state index is 0.0389. The van der Waals surface area contributed by atoms with Crippen LogP contribution in [0.3, 0.4) is 0 Å². The van der Waals surface area contributed by atoms with Crippen LogP contribution in [0.5, 0.6) is 0 Å². The molecule has 1 aromatic carbocycles. The van der Waals surface area contributed by atoms with Crippen LogP contribution in [0.4, 0.5) is 5.69 Å². The second-order valence-electron chi connectivity index (χ2n) is 12.8. The first-order chi connectivity index (χ1) is 18.7. The van der Waals surface area contributed by atoms with Crippen molar-refractivity contribution in [2.24, 2.45) is 11.3 Å². The van der Waals surface area contributed by atoms with Gasteiger partial charge in [-0.05, 0) is 61.1 Å². The number of Topliss-reactive ketones (excluding diaryl/α,β-unsaturated/α-hetero) is 2. The lowest BCUT2D eigenvalue weighted by atomic mass is 9.91. The molecule has 0 radical (unpaired) electrons. The Kier molecular flexibility index (Phi) is 8.16. The number of rotatable bonds is 6. The Morgan fingerprint density at radius 1 is 1.08 bits per heavy atom. The van der Waals surface area contributed by atoms with Crippen molar-refractivity contribution in [3.8, 4) is 0 Å². The average molecular weight is 535 g/mol. The number of amides is 1. The van der Waals surface area contributed by atoms with E-state index in [1.54, 1.807) is 11.6 Å². The lowest BCUT2D eigenvalue weighted by Gasteiger charge is -2.26. The van der Waals surface area contributed by atoms with Gasteiger partial charge in [-0.3, -0.25) is 19.1 Å². The molecule has 1 aromatic heterocycles. The van der Waals surface area contributed by atoms with Gasteiger partial charge >= 0.3 is 0 Å². The molecule has 1 saturated heterocycles. The average Bonchev–Trinajstić information content (AvgIpc) is 3.31. The summed E-state index contributed by atoms with van der Waals surface area (Å²) in [5.74, 6) is 0.526. The highest BCUT2D eigenvalue weighted by Gasteiger charge is 2.66. The fourth-order valence-corrected chi connectivity index (χ4v) is 7.14. The number of hydrogen-bond donors (Lipinski definition) is 1. The van der Waals surface area contributed by atoms with Gasteiger partial charge in [0, 0.05) is 37.0 Å². The van der Waals surface area contributed by atoms with E-state index in [0.29, 0.717) is 18.0 Å². The van der Waals surface area contributed by atoms with Crippen molar-refractivity contribution in [1.29, 1.82) is 0 Å². The molecule has 0 unspecified atom stereocenters. The Morgan fingerprint density at radius 2 is 1.79 bits per heavy atom. The molecule has 3 atom stereocenters. The Hall–Kier alpha value is -2.70. The molecule has 3 heterocycles. The summed E-state index contributed by atoms with van der Waals surface area (Å²) in [6.45, 7) is 8.72. The fourth-order valence-electron chi connectivity index (χ4n) is 7.14. The number of nitrogens with one attached hydrogen (secondary N) is 1. The molecule has 0 spiro atoms. The van der Waals surface area contributed by atoms with E-state index >= 15 is 0 Å². The Morgan fingerprint density at radius 3 is 2.49 bits per heavy atom. The van der Waals surface area contributed by atoms with Crippen molar-refractivity contribution in [2.75, 3.05) is 11.9 Å². The van der Waals surface area contributed by atoms with Crippen molar-refractivity contribution in [3.05, 3.63) is 23.4 Å². The highest BCUT2D eigenvalue weighted by Crippen LogP contribution is 2.62. The summed E-state index contributed by atoms with van der Waals surface area (Å²) in [5, 5.41) is 9.10. The molecule has 1 saturated carbocycles. The second-order valence-corrected chi connectivity index (χ2v) is 12.8. The molecule has 1 N–H and O–H groups in total. The number of hydrogen-bond acceptors (Lipinski definition) is 5. The number of aromatic nitrogens is 2. The summed E-state index contributed by atoms with van der Waals surface area (Å²) >= 11 is 0. The molecule has 5 rings (SSSR count). The van der Waals surface area contributed by atoms with Crippen LogP contribution in [0.25, 0.3) is 10.9 Å². The first-order valence-corrected chi connectivity index (χ1v) is 15.4. The van der Waals surface area contributed by atoms with Crippen molar-refractivity contribution < 1.29 is 14.4 Å². The van der Waals surface area contributed by atoms with Gasteiger partial charge < -0.3 is 10.2 Å². The largest absolute Gasteiger partial charge is 0.385 e. The number of nitrogens with zero attached hydrogens (tertiary/aromatic N) is 3. The van der Waals surface area contributed by atoms with E-state index in [0.717, 1.165) is 60.8 Å². The predicted molar refractivity (Wildman–Crippen MR) is 155 cm³/mol. The lowest BCUT2D eigenvalue weighted by molar-refractivity contribution is -0.139. The third kappa shape index (κ3) is 5.64. The van der Waals surface area contributed by atoms with Crippen LogP contribution < -0.4 is 5.32 Å². The van der Waals surface area contributed by atoms with Gasteiger partial charge in [-0.1, -0.05) is 59.3 Å². The van der Waals surface area contributed by atoms with E-state index in [2.05, 4.69) is 25.2 Å². The Bertz CT molecular complexity index is 1250. The standard InChI is InChI=1S/C32H46N4O3/c1-5-27(38)26-17-32-14-12-10-8-6-7-9-11-13-23-15-24(33-19-21(2)3)16-25-30(22(4)37)34-35(31(23)25)20-29(39)36(26)28(32)18-32/h15-16,21,26,28,33H,5-14,17-20H2,1-4H3/t26-,28+,32-/m0/s1. The molecule has 39 heavy (non-hydrogen) atoms. The van der Waals surface area contributed by atoms with Crippen molar-refractivity contribution >= 4 is 34.1 Å². The maximum atomic E-state index is 14.0. The van der Waals surface area contributed by atoms with Gasteiger partial charge in [0.2, 0.25) is 5.91 Å². The molecule has 1 aliphatic carbocycles. The van der Waals surface area contributed by atoms with Gasteiger partial charge in [0.15, 0.2) is 11.6 Å². The summed E-state index contributed by atoms with van der Waals surface area (Å²) < 4.78 is 1.77. The van der Waals surface area contributed by atoms with Gasteiger partial charge in [-0.2, -0.15) is 5.10 Å². The topological polar surface area (TPSA) is 84.3 Å². The van der Waals surface area contributed by atoms with Gasteiger partial charge in [0.05, 0.1) is 11.6 Å². The minimum atomic E-state index is -0.319. The number of carbonyl (C=O) groups excluding carboxylic acids is 3. The second kappa shape index (κ2) is 11.4. The van der Waals surface area contributed by atoms with Gasteiger partial charge in [-0.15, -0.1) is 0 Å². The lowest BCUT2D eigenvalue weighted by Crippen LogP contribution is -2.44. The number of piperidine rings is 1. The highest BCUT2D eigenvalue weighted by molar-refractivity contribution is 6.06. The summed E-state index contributed by atoms with van der Waals surface area (Å²) in [6, 6.07) is 4.07. The molecule has 7 heteroatoms. The van der Waals surface area contributed by atoms with Crippen LogP contribution in [-0.2, 0) is 22.6 Å². The number of benzene rings is 1. The van der Waals surface area contributed by atoms with Gasteiger partial charge in [0.25, 0.3) is 0 Å². The molecule has 2 aromatic rings. The molecule has 2 aliphatic heterocycles. The van der Waals surface area contributed by atoms with Crippen molar-refractivity contribution in [1.82, 2.24) is 14.7 Å². The SMILES string of the molecule is CCC(=O)[C@@H]1C[C@]23CCCCCCCCCc4cc(NCC(C)C)cc5c(C(C)=O)nn(c45)CC(=O)N1[C@@H]2C3. The zero-order valence-electron chi connectivity index (χ0n) is 24.4. The smallest absolute Gasteiger partial charge is 0.245 e. The summed E-state index contributed by atoms with van der Waals surface area (Å²) in [6.07, 6.45) is 12.7. The maximum absolute atomic E-state index is 14.0. The Balaban J connectivity index is 1.55. The van der Waals surface area contributed by atoms with E-state index in [4.69, 9.17) is 5.10 Å². The summed E-state index contributed by atoms with van der Waals surface area (Å²) in [5.41, 5.74) is 3.58. The monoisotopic (exact) mass is 534 g/mol. The van der Waals surface area contributed by atoms with Crippen LogP contribution in [-0.4, -0.2) is 50.8 Å². The van der Waals surface area contributed by atoms with E-state index in [1.807, 2.05) is 17.9 Å². The van der Waals surface area contributed by atoms with E-state index in [9.17, 15) is 14.4 Å². The number of ketones is 2. The van der Waals surface area contributed by atoms with Crippen LogP contribution >= 0.6 is 0 Å². The zero-order valence-corrected chi connectivity index (χ0v) is 24.4. The third-order valence-corrected chi connectivity index (χ3v) is 9.30. The molecule has 7 nitrogen and oxygen atoms in total. The highest BCUT2D eigenvalue weighted by atomic mass is 16.2. The summed E-state index contributed by atoms with van der Waals surface area (Å²) in [7, 11) is 0. The van der Waals surface area contributed by atoms with Gasteiger partial charge in [-0.25, -0.2) is 0 Å². The molecular weight excluding hydrogens is 488 g/mol. The van der Waals surface area contributed by atoms with Crippen LogP contribution in [0.15, 0.2) is 12.1 Å². The van der Waals surface area contributed by atoms with Gasteiger partial charge in [0.1, 0.15) is 12.2 Å². The predicted octanol–water partition coefficient (Wildman–Crippen LogP) is 6.32. The van der Waals surface area contributed by atoms with Crippen molar-refractivity contribution in [2.45, 2.75) is 123 Å².